The molecule has 0 amide bonds. The number of benzene rings is 1. The van der Waals surface area contributed by atoms with E-state index in [1.807, 2.05) is 14.0 Å². The van der Waals surface area contributed by atoms with E-state index in [1.54, 1.807) is 0 Å². The first kappa shape index (κ1) is 15.6. The molecule has 1 unspecified atom stereocenters. The molecule has 1 aromatic carbocycles. The zero-order valence-corrected chi connectivity index (χ0v) is 13.2. The summed E-state index contributed by atoms with van der Waals surface area (Å²) in [5, 5.41) is 0.420. The van der Waals surface area contributed by atoms with Gasteiger partial charge in [0.15, 0.2) is 0 Å². The molecule has 0 aromatic heterocycles. The third-order valence-corrected chi connectivity index (χ3v) is 5.38. The van der Waals surface area contributed by atoms with E-state index in [1.165, 1.54) is 31.0 Å². The van der Waals surface area contributed by atoms with Crippen molar-refractivity contribution in [2.75, 3.05) is 19.3 Å². The van der Waals surface area contributed by atoms with Crippen LogP contribution in [0.5, 0.6) is 0 Å². The smallest absolute Gasteiger partial charge is 0.242 e. The molecular weight excluding hydrogens is 298 g/mol. The van der Waals surface area contributed by atoms with Gasteiger partial charge in [-0.3, -0.25) is 4.90 Å². The summed E-state index contributed by atoms with van der Waals surface area (Å²) in [6.45, 7) is 2.36. The fourth-order valence-electron chi connectivity index (χ4n) is 2.06. The van der Waals surface area contributed by atoms with Crippen molar-refractivity contribution >= 4 is 27.3 Å². The monoisotopic (exact) mass is 317 g/mol. The fourth-order valence-corrected chi connectivity index (χ4v) is 3.47. The second kappa shape index (κ2) is 5.89. The van der Waals surface area contributed by atoms with Gasteiger partial charge >= 0.3 is 0 Å². The fraction of sp³-hybridized carbons (Fsp3) is 0.538. The lowest BCUT2D eigenvalue weighted by Gasteiger charge is -2.24. The van der Waals surface area contributed by atoms with Gasteiger partial charge < -0.3 is 5.73 Å². The van der Waals surface area contributed by atoms with Crippen LogP contribution in [0.25, 0.3) is 0 Å². The molecule has 7 heteroatoms. The molecule has 1 aliphatic carbocycles. The van der Waals surface area contributed by atoms with E-state index in [0.717, 1.165) is 0 Å². The number of hydrogen-bond donors (Lipinski definition) is 2. The quantitative estimate of drug-likeness (QED) is 0.783. The van der Waals surface area contributed by atoms with E-state index in [2.05, 4.69) is 9.62 Å². The second-order valence-electron chi connectivity index (χ2n) is 5.28. The van der Waals surface area contributed by atoms with Gasteiger partial charge in [-0.2, -0.15) is 0 Å². The number of likely N-dealkylation sites (N-methyl/N-ethyl adjacent to an activating group) is 1. The number of nitrogens with zero attached hydrogens (tertiary/aromatic N) is 1. The molecule has 3 N–H and O–H groups in total. The molecule has 2 rings (SSSR count). The average Bonchev–Trinajstić information content (AvgIpc) is 3.18. The first-order chi connectivity index (χ1) is 9.31. The van der Waals surface area contributed by atoms with Gasteiger partial charge in [0.2, 0.25) is 10.0 Å². The molecule has 0 radical (unpaired) electrons. The van der Waals surface area contributed by atoms with Crippen LogP contribution in [0, 0.1) is 0 Å². The highest BCUT2D eigenvalue weighted by Gasteiger charge is 2.29. The van der Waals surface area contributed by atoms with Crippen LogP contribution in [-0.4, -0.2) is 39.0 Å². The number of nitrogens with two attached hydrogens (primary N) is 1. The Morgan fingerprint density at radius 1 is 1.50 bits per heavy atom. The van der Waals surface area contributed by atoms with E-state index >= 15 is 0 Å². The molecule has 1 fully saturated rings. The van der Waals surface area contributed by atoms with Gasteiger partial charge in [0.25, 0.3) is 0 Å². The molecule has 0 heterocycles. The summed E-state index contributed by atoms with van der Waals surface area (Å²) in [7, 11) is -1.58. The summed E-state index contributed by atoms with van der Waals surface area (Å²) in [5.74, 6) is 0. The Morgan fingerprint density at radius 2 is 2.15 bits per heavy atom. The highest BCUT2D eigenvalue weighted by molar-refractivity contribution is 7.89. The number of rotatable bonds is 6. The van der Waals surface area contributed by atoms with E-state index in [0.29, 0.717) is 17.6 Å². The summed E-state index contributed by atoms with van der Waals surface area (Å²) in [6.07, 6.45) is 2.38. The van der Waals surface area contributed by atoms with Crippen LogP contribution >= 0.6 is 11.6 Å². The van der Waals surface area contributed by atoms with Crippen molar-refractivity contribution in [3.63, 3.8) is 0 Å². The summed E-state index contributed by atoms with van der Waals surface area (Å²) >= 11 is 5.78. The largest absolute Gasteiger partial charge is 0.398 e. The lowest BCUT2D eigenvalue weighted by molar-refractivity contribution is 0.248. The summed E-state index contributed by atoms with van der Waals surface area (Å²) in [6, 6.07) is 5.12. The van der Waals surface area contributed by atoms with Crippen LogP contribution in [-0.2, 0) is 10.0 Å². The normalized spacial score (nSPS) is 17.4. The van der Waals surface area contributed by atoms with Gasteiger partial charge in [0.1, 0.15) is 4.90 Å². The molecule has 1 saturated carbocycles. The molecule has 1 atom stereocenters. The van der Waals surface area contributed by atoms with Crippen molar-refractivity contribution in [2.24, 2.45) is 0 Å². The van der Waals surface area contributed by atoms with Crippen molar-refractivity contribution < 1.29 is 8.42 Å². The third-order valence-electron chi connectivity index (χ3n) is 3.65. The van der Waals surface area contributed by atoms with Gasteiger partial charge in [-0.05, 0) is 45.0 Å². The number of hydrogen-bond acceptors (Lipinski definition) is 4. The Morgan fingerprint density at radius 3 is 2.70 bits per heavy atom. The lowest BCUT2D eigenvalue weighted by atomic mass is 10.3. The van der Waals surface area contributed by atoms with Crippen LogP contribution in [0.3, 0.4) is 0 Å². The van der Waals surface area contributed by atoms with Gasteiger partial charge in [-0.25, -0.2) is 13.1 Å². The maximum Gasteiger partial charge on any atom is 0.242 e. The Hall–Kier alpha value is -0.820. The number of halogens is 1. The van der Waals surface area contributed by atoms with Gasteiger partial charge in [-0.1, -0.05) is 11.6 Å². The summed E-state index contributed by atoms with van der Waals surface area (Å²) in [5.41, 5.74) is 5.88. The van der Waals surface area contributed by atoms with Crippen LogP contribution in [0.2, 0.25) is 5.02 Å². The molecule has 0 aliphatic heterocycles. The Balaban J connectivity index is 2.03. The zero-order chi connectivity index (χ0) is 14.9. The third kappa shape index (κ3) is 3.63. The SMILES string of the molecule is CC(CNS(=O)(=O)c1ccc(Cl)cc1N)N(C)C1CC1. The van der Waals surface area contributed by atoms with Crippen LogP contribution in [0.15, 0.2) is 23.1 Å². The van der Waals surface area contributed by atoms with Crippen molar-refractivity contribution in [1.82, 2.24) is 9.62 Å². The van der Waals surface area contributed by atoms with Gasteiger partial charge in [0, 0.05) is 23.7 Å². The molecule has 1 aliphatic rings. The van der Waals surface area contributed by atoms with Crippen LogP contribution in [0.4, 0.5) is 5.69 Å². The van der Waals surface area contributed by atoms with E-state index in [-0.39, 0.29) is 16.6 Å². The molecule has 0 bridgehead atoms. The minimum absolute atomic E-state index is 0.0724. The first-order valence-electron chi connectivity index (χ1n) is 6.58. The molecule has 112 valence electrons. The highest BCUT2D eigenvalue weighted by Crippen LogP contribution is 2.27. The topological polar surface area (TPSA) is 75.4 Å². The lowest BCUT2D eigenvalue weighted by Crippen LogP contribution is -2.41. The Bertz CT molecular complexity index is 587. The summed E-state index contributed by atoms with van der Waals surface area (Å²) < 4.78 is 27.1. The van der Waals surface area contributed by atoms with E-state index in [4.69, 9.17) is 17.3 Å². The maximum absolute atomic E-state index is 12.2. The van der Waals surface area contributed by atoms with Crippen molar-refractivity contribution in [3.8, 4) is 0 Å². The average molecular weight is 318 g/mol. The van der Waals surface area contributed by atoms with Crippen molar-refractivity contribution in [2.45, 2.75) is 36.7 Å². The maximum atomic E-state index is 12.2. The minimum Gasteiger partial charge on any atom is -0.398 e. The first-order valence-corrected chi connectivity index (χ1v) is 8.44. The molecule has 5 nitrogen and oxygen atoms in total. The Kier molecular flexibility index (Phi) is 4.59. The van der Waals surface area contributed by atoms with Crippen LogP contribution in [0.1, 0.15) is 19.8 Å². The molecular formula is C13H20ClN3O2S. The van der Waals surface area contributed by atoms with E-state index < -0.39 is 10.0 Å². The molecule has 20 heavy (non-hydrogen) atoms. The zero-order valence-electron chi connectivity index (χ0n) is 11.6. The predicted octanol–water partition coefficient (Wildman–Crippen LogP) is 1.68. The van der Waals surface area contributed by atoms with Crippen LogP contribution < -0.4 is 10.5 Å². The standard InChI is InChI=1S/C13H20ClN3O2S/c1-9(17(2)11-4-5-11)8-16-20(18,19)13-6-3-10(14)7-12(13)15/h3,6-7,9,11,16H,4-5,8,15H2,1-2H3. The van der Waals surface area contributed by atoms with Crippen molar-refractivity contribution in [1.29, 1.82) is 0 Å². The number of nitrogen functional groups attached to an aromatic ring is 1. The highest BCUT2D eigenvalue weighted by atomic mass is 35.5. The molecule has 0 spiro atoms. The summed E-state index contributed by atoms with van der Waals surface area (Å²) in [4.78, 5) is 2.27. The van der Waals surface area contributed by atoms with Gasteiger partial charge in [0.05, 0.1) is 5.69 Å². The van der Waals surface area contributed by atoms with Gasteiger partial charge in [-0.15, -0.1) is 0 Å². The van der Waals surface area contributed by atoms with Crippen molar-refractivity contribution in [3.05, 3.63) is 23.2 Å². The minimum atomic E-state index is -3.60. The number of anilines is 1. The number of sulfonamides is 1. The molecule has 1 aromatic rings. The number of nitrogens with one attached hydrogen (secondary N) is 1. The molecule has 0 saturated heterocycles. The second-order valence-corrected chi connectivity index (χ2v) is 7.45. The Labute approximate surface area is 125 Å². The van der Waals surface area contributed by atoms with E-state index in [9.17, 15) is 8.42 Å². The predicted molar refractivity (Wildman–Crippen MR) is 81.3 cm³/mol.